The first kappa shape index (κ1) is 31.6. The summed E-state index contributed by atoms with van der Waals surface area (Å²) in [6.07, 6.45) is 9.81. The van der Waals surface area contributed by atoms with Gasteiger partial charge in [0.2, 0.25) is 0 Å². The van der Waals surface area contributed by atoms with E-state index in [9.17, 15) is 19.5 Å². The molecule has 1 N–H and O–H groups in total. The molecule has 5 saturated carbocycles. The Morgan fingerprint density at radius 1 is 0.905 bits per heavy atom. The van der Waals surface area contributed by atoms with Crippen molar-refractivity contribution in [3.05, 3.63) is 12.2 Å². The molecule has 5 aliphatic carbocycles. The highest BCUT2D eigenvalue weighted by atomic mass is 16.6. The summed E-state index contributed by atoms with van der Waals surface area (Å²) >= 11 is 0. The first-order chi connectivity index (χ1) is 19.4. The lowest BCUT2D eigenvalue weighted by Gasteiger charge is -2.72. The molecule has 0 bridgehead atoms. The molecule has 0 unspecified atom stereocenters. The Morgan fingerprint density at radius 2 is 1.60 bits per heavy atom. The predicted octanol–water partition coefficient (Wildman–Crippen LogP) is 7.98. The molecule has 0 amide bonds. The molecule has 0 aliphatic heterocycles. The molecule has 0 aromatic heterocycles. The summed E-state index contributed by atoms with van der Waals surface area (Å²) < 4.78 is 11.3. The van der Waals surface area contributed by atoms with Crippen molar-refractivity contribution < 1.29 is 29.0 Å². The molecule has 0 aromatic rings. The lowest BCUT2D eigenvalue weighted by Crippen LogP contribution is -2.67. The van der Waals surface area contributed by atoms with Crippen LogP contribution in [-0.2, 0) is 23.9 Å². The first-order valence-electron chi connectivity index (χ1n) is 16.6. The average molecular weight is 585 g/mol. The Morgan fingerprint density at radius 3 is 2.21 bits per heavy atom. The van der Waals surface area contributed by atoms with E-state index in [4.69, 9.17) is 9.47 Å². The number of aliphatic carboxylic acids is 1. The quantitative estimate of drug-likeness (QED) is 0.185. The number of ether oxygens (including phenoxy) is 2. The number of hydrogen-bond donors (Lipinski definition) is 1. The molecule has 0 radical (unpaired) electrons. The highest BCUT2D eigenvalue weighted by molar-refractivity contribution is 5.76. The van der Waals surface area contributed by atoms with Gasteiger partial charge in [0.05, 0.1) is 11.8 Å². The maximum Gasteiger partial charge on any atom is 0.310 e. The van der Waals surface area contributed by atoms with Crippen LogP contribution in [0.4, 0.5) is 0 Å². The van der Waals surface area contributed by atoms with Crippen LogP contribution in [0.3, 0.4) is 0 Å². The lowest BCUT2D eigenvalue weighted by molar-refractivity contribution is -0.250. The number of allylic oxidation sites excluding steroid dienone is 1. The number of hydrogen-bond acceptors (Lipinski definition) is 5. The maximum atomic E-state index is 13.0. The Balaban J connectivity index is 1.41. The Labute approximate surface area is 253 Å². The van der Waals surface area contributed by atoms with Crippen LogP contribution in [0.2, 0.25) is 0 Å². The lowest BCUT2D eigenvalue weighted by atomic mass is 9.32. The highest BCUT2D eigenvalue weighted by Crippen LogP contribution is 2.77. The monoisotopic (exact) mass is 584 g/mol. The zero-order valence-corrected chi connectivity index (χ0v) is 27.5. The number of carbonyl (C=O) groups excluding carboxylic acids is 2. The van der Waals surface area contributed by atoms with Crippen LogP contribution < -0.4 is 0 Å². The second kappa shape index (κ2) is 10.1. The van der Waals surface area contributed by atoms with E-state index >= 15 is 0 Å². The standard InChI is InChI=1S/C36H56O6/c1-22(2)23-12-17-36(30(39)40)19-18-34(8)24(29(23)36)10-11-26-33(7)15-14-27(42-28(38)20-31(3,4)41-21-37)32(5,6)25(33)13-16-35(26,34)9/h21,23-27,29H,1,10-20H2,2-9H3,(H,39,40)/t23-,24-,25-,26+,27+,29+,33+,34+,35-,36+/m1/s1. The van der Waals surface area contributed by atoms with Gasteiger partial charge < -0.3 is 14.6 Å². The number of carboxylic acid groups (broad SMARTS) is 1. The normalized spacial score (nSPS) is 45.8. The number of carboxylic acids is 1. The van der Waals surface area contributed by atoms with Crippen molar-refractivity contribution in [3.8, 4) is 0 Å². The molecule has 10 atom stereocenters. The van der Waals surface area contributed by atoms with E-state index in [1.165, 1.54) is 5.57 Å². The number of carbonyl (C=O) groups is 3. The minimum absolute atomic E-state index is 0.0465. The van der Waals surface area contributed by atoms with Crippen LogP contribution in [0.15, 0.2) is 12.2 Å². The summed E-state index contributed by atoms with van der Waals surface area (Å²) in [4.78, 5) is 36.8. The van der Waals surface area contributed by atoms with Gasteiger partial charge in [-0.3, -0.25) is 14.4 Å². The van der Waals surface area contributed by atoms with E-state index in [0.29, 0.717) is 30.1 Å². The van der Waals surface area contributed by atoms with Gasteiger partial charge in [0, 0.05) is 5.41 Å². The smallest absolute Gasteiger partial charge is 0.310 e. The summed E-state index contributed by atoms with van der Waals surface area (Å²) in [6, 6.07) is 0. The van der Waals surface area contributed by atoms with E-state index in [0.717, 1.165) is 64.2 Å². The third-order valence-electron chi connectivity index (χ3n) is 14.6. The zero-order valence-electron chi connectivity index (χ0n) is 27.5. The van der Waals surface area contributed by atoms with Crippen molar-refractivity contribution in [2.75, 3.05) is 0 Å². The Hall–Kier alpha value is -1.85. The van der Waals surface area contributed by atoms with Gasteiger partial charge in [-0.2, -0.15) is 0 Å². The van der Waals surface area contributed by atoms with Crippen LogP contribution in [0.5, 0.6) is 0 Å². The summed E-state index contributed by atoms with van der Waals surface area (Å²) in [6.45, 7) is 22.6. The van der Waals surface area contributed by atoms with Crippen molar-refractivity contribution in [3.63, 3.8) is 0 Å². The largest absolute Gasteiger partial charge is 0.481 e. The number of fused-ring (bicyclic) bond motifs is 7. The van der Waals surface area contributed by atoms with E-state index in [2.05, 4.69) is 48.1 Å². The molecule has 0 aromatic carbocycles. The maximum absolute atomic E-state index is 13.0. The van der Waals surface area contributed by atoms with Crippen LogP contribution in [0, 0.1) is 56.7 Å². The number of rotatable bonds is 7. The fourth-order valence-corrected chi connectivity index (χ4v) is 12.4. The SMILES string of the molecule is C=C(C)[C@H]1CC[C@]2(C(=O)O)CC[C@@]3(C)[C@H](CC[C@H]4[C@@]5(C)CC[C@H](OC(=O)CC(C)(C)OC=O)C(C)(C)[C@H]5CC[C@]43C)[C@H]12. The van der Waals surface area contributed by atoms with E-state index in [1.807, 2.05) is 0 Å². The van der Waals surface area contributed by atoms with E-state index in [1.54, 1.807) is 13.8 Å². The van der Waals surface area contributed by atoms with Crippen molar-refractivity contribution >= 4 is 18.4 Å². The molecule has 5 aliphatic rings. The molecular formula is C36H56O6. The Bertz CT molecular complexity index is 1140. The van der Waals surface area contributed by atoms with Crippen LogP contribution >= 0.6 is 0 Å². The van der Waals surface area contributed by atoms with Crippen molar-refractivity contribution in [1.29, 1.82) is 0 Å². The van der Waals surface area contributed by atoms with Gasteiger partial charge in [0.15, 0.2) is 0 Å². The fraction of sp³-hybridized carbons (Fsp3) is 0.861. The minimum atomic E-state index is -0.881. The topological polar surface area (TPSA) is 89.9 Å². The molecule has 6 heteroatoms. The average Bonchev–Trinajstić information content (AvgIpc) is 3.27. The second-order valence-corrected chi connectivity index (χ2v) is 17.1. The molecule has 6 nitrogen and oxygen atoms in total. The molecular weight excluding hydrogens is 528 g/mol. The van der Waals surface area contributed by atoms with Crippen LogP contribution in [-0.4, -0.2) is 35.2 Å². The summed E-state index contributed by atoms with van der Waals surface area (Å²) in [5, 5.41) is 10.6. The van der Waals surface area contributed by atoms with Crippen molar-refractivity contribution in [2.24, 2.45) is 56.7 Å². The minimum Gasteiger partial charge on any atom is -0.481 e. The second-order valence-electron chi connectivity index (χ2n) is 17.1. The third-order valence-corrected chi connectivity index (χ3v) is 14.6. The van der Waals surface area contributed by atoms with Crippen molar-refractivity contribution in [1.82, 2.24) is 0 Å². The first-order valence-corrected chi connectivity index (χ1v) is 16.6. The fourth-order valence-electron chi connectivity index (χ4n) is 12.4. The van der Waals surface area contributed by atoms with E-state index < -0.39 is 17.0 Å². The third kappa shape index (κ3) is 4.34. The molecule has 0 saturated heterocycles. The van der Waals surface area contributed by atoms with Gasteiger partial charge in [-0.25, -0.2) is 0 Å². The van der Waals surface area contributed by atoms with Gasteiger partial charge in [0.25, 0.3) is 6.47 Å². The summed E-state index contributed by atoms with van der Waals surface area (Å²) in [5.41, 5.74) is -0.0867. The van der Waals surface area contributed by atoms with Gasteiger partial charge in [-0.15, -0.1) is 0 Å². The van der Waals surface area contributed by atoms with Gasteiger partial charge in [-0.1, -0.05) is 46.8 Å². The molecule has 5 rings (SSSR count). The predicted molar refractivity (Wildman–Crippen MR) is 162 cm³/mol. The molecule has 236 valence electrons. The van der Waals surface area contributed by atoms with Gasteiger partial charge in [0.1, 0.15) is 11.7 Å². The summed E-state index contributed by atoms with van der Waals surface area (Å²) in [5.74, 6) is 1.03. The zero-order chi connectivity index (χ0) is 31.1. The van der Waals surface area contributed by atoms with Gasteiger partial charge >= 0.3 is 11.9 Å². The summed E-state index contributed by atoms with van der Waals surface area (Å²) in [7, 11) is 0. The molecule has 42 heavy (non-hydrogen) atoms. The Kier molecular flexibility index (Phi) is 7.58. The molecule has 0 spiro atoms. The van der Waals surface area contributed by atoms with Crippen LogP contribution in [0.1, 0.15) is 126 Å². The molecule has 0 heterocycles. The number of esters is 1. The van der Waals surface area contributed by atoms with Crippen LogP contribution in [0.25, 0.3) is 0 Å². The highest BCUT2D eigenvalue weighted by Gasteiger charge is 2.72. The van der Waals surface area contributed by atoms with E-state index in [-0.39, 0.29) is 46.1 Å². The molecule has 5 fully saturated rings. The van der Waals surface area contributed by atoms with Crippen molar-refractivity contribution in [2.45, 2.75) is 138 Å². The van der Waals surface area contributed by atoms with Gasteiger partial charge in [-0.05, 0) is 131 Å².